The normalized spacial score (nSPS) is 20.7. The van der Waals surface area contributed by atoms with Crippen LogP contribution in [0.4, 0.5) is 10.1 Å². The lowest BCUT2D eigenvalue weighted by atomic mass is 10.2. The van der Waals surface area contributed by atoms with E-state index in [9.17, 15) is 12.8 Å². The zero-order chi connectivity index (χ0) is 13.2. The molecule has 1 aromatic carbocycles. The van der Waals surface area contributed by atoms with Crippen LogP contribution in [0.1, 0.15) is 12.8 Å². The molecule has 1 heterocycles. The van der Waals surface area contributed by atoms with Crippen molar-refractivity contribution in [2.45, 2.75) is 18.1 Å². The van der Waals surface area contributed by atoms with Crippen LogP contribution in [0.5, 0.6) is 0 Å². The molecule has 4 nitrogen and oxygen atoms in total. The number of nitrogens with one attached hydrogen (secondary N) is 2. The van der Waals surface area contributed by atoms with Crippen LogP contribution in [0, 0.1) is 5.82 Å². The van der Waals surface area contributed by atoms with Crippen molar-refractivity contribution in [1.29, 1.82) is 0 Å². The standard InChI is InChI=1S/C11H14ClFN2O2S/c12-10-4-3-8(6-11(10)13)15-18(16,17)9-2-1-5-14-7-9/h3-4,6,9,14-15H,1-2,5,7H2. The van der Waals surface area contributed by atoms with Gasteiger partial charge in [-0.25, -0.2) is 12.8 Å². The highest BCUT2D eigenvalue weighted by Crippen LogP contribution is 2.21. The number of hydrogen-bond donors (Lipinski definition) is 2. The quantitative estimate of drug-likeness (QED) is 0.895. The fraction of sp³-hybridized carbons (Fsp3) is 0.455. The first-order valence-corrected chi connectivity index (χ1v) is 7.59. The number of halogens is 2. The zero-order valence-corrected chi connectivity index (χ0v) is 11.2. The van der Waals surface area contributed by atoms with E-state index in [1.54, 1.807) is 0 Å². The first-order valence-electron chi connectivity index (χ1n) is 5.66. The highest BCUT2D eigenvalue weighted by atomic mass is 35.5. The first kappa shape index (κ1) is 13.6. The van der Waals surface area contributed by atoms with Gasteiger partial charge >= 0.3 is 0 Å². The second kappa shape index (κ2) is 5.42. The molecule has 7 heteroatoms. The molecule has 18 heavy (non-hydrogen) atoms. The smallest absolute Gasteiger partial charge is 0.236 e. The molecule has 1 aliphatic heterocycles. The van der Waals surface area contributed by atoms with Crippen LogP contribution >= 0.6 is 11.6 Å². The van der Waals surface area contributed by atoms with Gasteiger partial charge in [-0.2, -0.15) is 0 Å². The van der Waals surface area contributed by atoms with Crippen molar-refractivity contribution in [3.8, 4) is 0 Å². The van der Waals surface area contributed by atoms with Crippen molar-refractivity contribution in [2.75, 3.05) is 17.8 Å². The molecule has 1 aliphatic rings. The molecule has 2 rings (SSSR count). The summed E-state index contributed by atoms with van der Waals surface area (Å²) in [6.45, 7) is 1.26. The number of rotatable bonds is 3. The van der Waals surface area contributed by atoms with E-state index in [2.05, 4.69) is 10.0 Å². The second-order valence-electron chi connectivity index (χ2n) is 4.24. The first-order chi connectivity index (χ1) is 8.49. The maximum atomic E-state index is 13.2. The summed E-state index contributed by atoms with van der Waals surface area (Å²) in [7, 11) is -3.49. The number of anilines is 1. The van der Waals surface area contributed by atoms with Crippen LogP contribution in [0.25, 0.3) is 0 Å². The van der Waals surface area contributed by atoms with Gasteiger partial charge in [0.25, 0.3) is 0 Å². The Balaban J connectivity index is 2.13. The lowest BCUT2D eigenvalue weighted by Crippen LogP contribution is -2.41. The molecule has 1 saturated heterocycles. The molecule has 0 aromatic heterocycles. The van der Waals surface area contributed by atoms with Crippen molar-refractivity contribution in [1.82, 2.24) is 5.32 Å². The Morgan fingerprint density at radius 3 is 2.83 bits per heavy atom. The fourth-order valence-corrected chi connectivity index (χ4v) is 3.45. The summed E-state index contributed by atoms with van der Waals surface area (Å²) in [5.74, 6) is -0.640. The molecule has 0 spiro atoms. The largest absolute Gasteiger partial charge is 0.315 e. The topological polar surface area (TPSA) is 58.2 Å². The van der Waals surface area contributed by atoms with Gasteiger partial charge < -0.3 is 5.32 Å². The molecular weight excluding hydrogens is 279 g/mol. The minimum Gasteiger partial charge on any atom is -0.315 e. The summed E-state index contributed by atoms with van der Waals surface area (Å²) in [5.41, 5.74) is 0.197. The number of hydrogen-bond acceptors (Lipinski definition) is 3. The van der Waals surface area contributed by atoms with Crippen molar-refractivity contribution < 1.29 is 12.8 Å². The predicted molar refractivity (Wildman–Crippen MR) is 69.8 cm³/mol. The summed E-state index contributed by atoms with van der Waals surface area (Å²) < 4.78 is 39.7. The highest BCUT2D eigenvalue weighted by Gasteiger charge is 2.27. The lowest BCUT2D eigenvalue weighted by molar-refractivity contribution is 0.499. The Morgan fingerprint density at radius 1 is 1.44 bits per heavy atom. The van der Waals surface area contributed by atoms with Gasteiger partial charge in [-0.05, 0) is 37.6 Å². The average molecular weight is 293 g/mol. The van der Waals surface area contributed by atoms with E-state index in [0.29, 0.717) is 13.0 Å². The van der Waals surface area contributed by atoms with Crippen molar-refractivity contribution >= 4 is 27.3 Å². The monoisotopic (exact) mass is 292 g/mol. The van der Waals surface area contributed by atoms with E-state index in [1.807, 2.05) is 0 Å². The average Bonchev–Trinajstić information content (AvgIpc) is 2.35. The molecule has 1 unspecified atom stereocenters. The molecule has 0 radical (unpaired) electrons. The zero-order valence-electron chi connectivity index (χ0n) is 9.62. The second-order valence-corrected chi connectivity index (χ2v) is 6.61. The Labute approximate surface area is 111 Å². The molecule has 0 bridgehead atoms. The summed E-state index contributed by atoms with van der Waals surface area (Å²) >= 11 is 5.54. The number of piperidine rings is 1. The van der Waals surface area contributed by atoms with Gasteiger partial charge in [0.2, 0.25) is 10.0 Å². The van der Waals surface area contributed by atoms with Gasteiger partial charge in [-0.15, -0.1) is 0 Å². The summed E-state index contributed by atoms with van der Waals surface area (Å²) in [4.78, 5) is 0. The third-order valence-corrected chi connectivity index (χ3v) is 4.98. The van der Waals surface area contributed by atoms with Crippen LogP contribution < -0.4 is 10.0 Å². The summed E-state index contributed by atoms with van der Waals surface area (Å²) in [6, 6.07) is 3.85. The highest BCUT2D eigenvalue weighted by molar-refractivity contribution is 7.93. The van der Waals surface area contributed by atoms with Crippen molar-refractivity contribution in [2.24, 2.45) is 0 Å². The maximum absolute atomic E-state index is 13.2. The predicted octanol–water partition coefficient (Wildman–Crippen LogP) is 1.97. The van der Waals surface area contributed by atoms with Crippen LogP contribution in [0.15, 0.2) is 18.2 Å². The Hall–Kier alpha value is -0.850. The van der Waals surface area contributed by atoms with E-state index in [-0.39, 0.29) is 10.7 Å². The molecule has 1 fully saturated rings. The van der Waals surface area contributed by atoms with Crippen LogP contribution in [-0.2, 0) is 10.0 Å². The van der Waals surface area contributed by atoms with Gasteiger partial charge in [0.05, 0.1) is 16.0 Å². The van der Waals surface area contributed by atoms with Crippen molar-refractivity contribution in [3.63, 3.8) is 0 Å². The minimum atomic E-state index is -3.49. The van der Waals surface area contributed by atoms with Gasteiger partial charge in [-0.1, -0.05) is 11.6 Å². The molecule has 0 amide bonds. The number of sulfonamides is 1. The van der Waals surface area contributed by atoms with Crippen LogP contribution in [0.2, 0.25) is 5.02 Å². The molecule has 2 N–H and O–H groups in total. The van der Waals surface area contributed by atoms with E-state index in [4.69, 9.17) is 11.6 Å². The van der Waals surface area contributed by atoms with Gasteiger partial charge in [-0.3, -0.25) is 4.72 Å². The molecule has 0 saturated carbocycles. The molecule has 0 aliphatic carbocycles. The van der Waals surface area contributed by atoms with E-state index in [1.165, 1.54) is 12.1 Å². The van der Waals surface area contributed by atoms with Crippen LogP contribution in [0.3, 0.4) is 0 Å². The Kier molecular flexibility index (Phi) is 4.09. The van der Waals surface area contributed by atoms with Crippen LogP contribution in [-0.4, -0.2) is 26.8 Å². The maximum Gasteiger partial charge on any atom is 0.236 e. The van der Waals surface area contributed by atoms with Gasteiger partial charge in [0.1, 0.15) is 5.82 Å². The number of benzene rings is 1. The lowest BCUT2D eigenvalue weighted by Gasteiger charge is -2.23. The van der Waals surface area contributed by atoms with E-state index < -0.39 is 21.1 Å². The SMILES string of the molecule is O=S(=O)(Nc1ccc(Cl)c(F)c1)C1CCCNC1. The third-order valence-electron chi connectivity index (χ3n) is 2.87. The molecule has 1 atom stereocenters. The van der Waals surface area contributed by atoms with E-state index >= 15 is 0 Å². The Bertz CT molecular complexity index is 530. The third kappa shape index (κ3) is 3.13. The fourth-order valence-electron chi connectivity index (χ4n) is 1.89. The van der Waals surface area contributed by atoms with Gasteiger partial charge in [0.15, 0.2) is 0 Å². The summed E-state index contributed by atoms with van der Waals surface area (Å²) in [6.07, 6.45) is 1.43. The van der Waals surface area contributed by atoms with E-state index in [0.717, 1.165) is 19.0 Å². The van der Waals surface area contributed by atoms with Gasteiger partial charge in [0, 0.05) is 6.54 Å². The summed E-state index contributed by atoms with van der Waals surface area (Å²) in [5, 5.41) is 2.52. The molecular formula is C11H14ClFN2O2S. The molecule has 1 aromatic rings. The Morgan fingerprint density at radius 2 is 2.22 bits per heavy atom. The minimum absolute atomic E-state index is 0.0303. The molecule has 100 valence electrons. The van der Waals surface area contributed by atoms with Crippen molar-refractivity contribution in [3.05, 3.63) is 29.0 Å².